The number of nitrogens with one attached hydrogen (secondary N) is 1. The van der Waals surface area contributed by atoms with Gasteiger partial charge in [0, 0.05) is 38.2 Å². The van der Waals surface area contributed by atoms with E-state index in [4.69, 9.17) is 9.84 Å². The third kappa shape index (κ3) is 6.81. The number of rotatable bonds is 6. The van der Waals surface area contributed by atoms with Gasteiger partial charge >= 0.3 is 0 Å². The van der Waals surface area contributed by atoms with E-state index < -0.39 is 0 Å². The van der Waals surface area contributed by atoms with Gasteiger partial charge in [0.05, 0.1) is 6.61 Å². The van der Waals surface area contributed by atoms with Crippen molar-refractivity contribution in [1.82, 2.24) is 10.2 Å². The number of aliphatic hydroxyl groups excluding tert-OH is 1. The Kier molecular flexibility index (Phi) is 8.18. The SMILES string of the molecule is O=C(NCCCO)c1ccc2c(c1)Cc1cccc(c1)CN(CC1CC1)CCCCCO2. The van der Waals surface area contributed by atoms with E-state index in [0.717, 1.165) is 43.2 Å². The zero-order valence-corrected chi connectivity index (χ0v) is 19.0. The fourth-order valence-electron chi connectivity index (χ4n) is 4.40. The van der Waals surface area contributed by atoms with Crippen LogP contribution in [-0.2, 0) is 13.0 Å². The Morgan fingerprint density at radius 3 is 2.81 bits per heavy atom. The monoisotopic (exact) mass is 436 g/mol. The van der Waals surface area contributed by atoms with Gasteiger partial charge in [0.2, 0.25) is 0 Å². The van der Waals surface area contributed by atoms with Crippen LogP contribution in [0.25, 0.3) is 0 Å². The first-order valence-corrected chi connectivity index (χ1v) is 12.2. The first kappa shape index (κ1) is 22.8. The Labute approximate surface area is 191 Å². The van der Waals surface area contributed by atoms with Crippen LogP contribution in [0, 0.1) is 5.92 Å². The van der Waals surface area contributed by atoms with Crippen LogP contribution in [0.2, 0.25) is 0 Å². The van der Waals surface area contributed by atoms with Crippen molar-refractivity contribution in [2.45, 2.75) is 51.5 Å². The van der Waals surface area contributed by atoms with E-state index in [0.29, 0.717) is 25.1 Å². The third-order valence-electron chi connectivity index (χ3n) is 6.32. The molecule has 5 heteroatoms. The van der Waals surface area contributed by atoms with Crippen molar-refractivity contribution in [3.8, 4) is 5.75 Å². The molecule has 0 atom stereocenters. The van der Waals surface area contributed by atoms with Gasteiger partial charge in [0.15, 0.2) is 0 Å². The van der Waals surface area contributed by atoms with Gasteiger partial charge in [-0.2, -0.15) is 0 Å². The van der Waals surface area contributed by atoms with Crippen molar-refractivity contribution in [2.24, 2.45) is 5.92 Å². The molecule has 1 amide bonds. The minimum absolute atomic E-state index is 0.0761. The van der Waals surface area contributed by atoms with E-state index in [2.05, 4.69) is 34.5 Å². The maximum absolute atomic E-state index is 12.5. The van der Waals surface area contributed by atoms with Crippen LogP contribution in [0.4, 0.5) is 0 Å². The Hall–Kier alpha value is -2.37. The smallest absolute Gasteiger partial charge is 0.251 e. The predicted molar refractivity (Wildman–Crippen MR) is 127 cm³/mol. The van der Waals surface area contributed by atoms with E-state index >= 15 is 0 Å². The first-order valence-electron chi connectivity index (χ1n) is 12.2. The van der Waals surface area contributed by atoms with Gasteiger partial charge in [-0.1, -0.05) is 24.3 Å². The third-order valence-corrected chi connectivity index (χ3v) is 6.32. The molecule has 1 saturated carbocycles. The summed E-state index contributed by atoms with van der Waals surface area (Å²) in [7, 11) is 0. The van der Waals surface area contributed by atoms with Crippen LogP contribution < -0.4 is 10.1 Å². The molecule has 0 saturated heterocycles. The number of ether oxygens (including phenoxy) is 1. The molecule has 4 rings (SSSR count). The molecule has 0 radical (unpaired) electrons. The van der Waals surface area contributed by atoms with Gasteiger partial charge in [-0.3, -0.25) is 9.69 Å². The first-order chi connectivity index (χ1) is 15.7. The number of fused-ring (bicyclic) bond motifs is 3. The number of benzene rings is 2. The van der Waals surface area contributed by atoms with E-state index in [1.54, 1.807) is 0 Å². The molecule has 2 aromatic carbocycles. The van der Waals surface area contributed by atoms with E-state index in [-0.39, 0.29) is 12.5 Å². The van der Waals surface area contributed by atoms with E-state index in [1.165, 1.54) is 43.4 Å². The molecule has 32 heavy (non-hydrogen) atoms. The lowest BCUT2D eigenvalue weighted by molar-refractivity contribution is 0.0951. The molecule has 1 aliphatic carbocycles. The molecule has 1 aliphatic heterocycles. The highest BCUT2D eigenvalue weighted by molar-refractivity contribution is 5.94. The molecule has 2 aliphatic rings. The Morgan fingerprint density at radius 1 is 1.09 bits per heavy atom. The quantitative estimate of drug-likeness (QED) is 0.668. The predicted octanol–water partition coefficient (Wildman–Crippen LogP) is 4.16. The highest BCUT2D eigenvalue weighted by Crippen LogP contribution is 2.31. The van der Waals surface area contributed by atoms with Gasteiger partial charge in [-0.05, 0) is 85.9 Å². The van der Waals surface area contributed by atoms with Gasteiger partial charge in [-0.15, -0.1) is 0 Å². The molecular weight excluding hydrogens is 400 g/mol. The summed E-state index contributed by atoms with van der Waals surface area (Å²) in [5.41, 5.74) is 4.29. The Balaban J connectivity index is 1.54. The average molecular weight is 437 g/mol. The number of hydrogen-bond acceptors (Lipinski definition) is 4. The molecule has 2 aromatic rings. The number of amides is 1. The van der Waals surface area contributed by atoms with E-state index in [1.807, 2.05) is 18.2 Å². The zero-order chi connectivity index (χ0) is 22.2. The number of nitrogens with zero attached hydrogens (tertiary/aromatic N) is 1. The minimum Gasteiger partial charge on any atom is -0.493 e. The normalized spacial score (nSPS) is 17.7. The molecule has 2 N–H and O–H groups in total. The molecule has 172 valence electrons. The molecule has 2 bridgehead atoms. The number of carbonyl (C=O) groups excluding carboxylic acids is 1. The largest absolute Gasteiger partial charge is 0.493 e. The molecule has 5 nitrogen and oxygen atoms in total. The van der Waals surface area contributed by atoms with Crippen LogP contribution in [-0.4, -0.2) is 48.8 Å². The number of aliphatic hydroxyl groups is 1. The van der Waals surface area contributed by atoms with Crippen LogP contribution in [0.5, 0.6) is 5.75 Å². The molecule has 1 fully saturated rings. The van der Waals surface area contributed by atoms with Crippen molar-refractivity contribution < 1.29 is 14.6 Å². The van der Waals surface area contributed by atoms with Crippen molar-refractivity contribution >= 4 is 5.91 Å². The lowest BCUT2D eigenvalue weighted by Crippen LogP contribution is -2.27. The van der Waals surface area contributed by atoms with Gasteiger partial charge in [0.25, 0.3) is 5.91 Å². The van der Waals surface area contributed by atoms with Crippen molar-refractivity contribution in [3.05, 3.63) is 64.7 Å². The lowest BCUT2D eigenvalue weighted by atomic mass is 9.99. The van der Waals surface area contributed by atoms with Crippen molar-refractivity contribution in [2.75, 3.05) is 32.8 Å². The second-order valence-electron chi connectivity index (χ2n) is 9.24. The van der Waals surface area contributed by atoms with Crippen molar-refractivity contribution in [1.29, 1.82) is 0 Å². The summed E-state index contributed by atoms with van der Waals surface area (Å²) in [4.78, 5) is 15.2. The highest BCUT2D eigenvalue weighted by atomic mass is 16.5. The highest BCUT2D eigenvalue weighted by Gasteiger charge is 2.24. The number of carbonyl (C=O) groups is 1. The van der Waals surface area contributed by atoms with Crippen LogP contribution in [0.3, 0.4) is 0 Å². The molecular formula is C27H36N2O3. The second-order valence-corrected chi connectivity index (χ2v) is 9.24. The summed E-state index contributed by atoms with van der Waals surface area (Å²) in [6, 6.07) is 14.6. The summed E-state index contributed by atoms with van der Waals surface area (Å²) in [5.74, 6) is 1.66. The fourth-order valence-corrected chi connectivity index (χ4v) is 4.40. The summed E-state index contributed by atoms with van der Waals surface area (Å²) in [5, 5.41) is 11.8. The summed E-state index contributed by atoms with van der Waals surface area (Å²) < 4.78 is 6.16. The van der Waals surface area contributed by atoms with Crippen molar-refractivity contribution in [3.63, 3.8) is 0 Å². The molecule has 1 heterocycles. The molecule has 0 aromatic heterocycles. The topological polar surface area (TPSA) is 61.8 Å². The second kappa shape index (κ2) is 11.5. The number of hydrogen-bond donors (Lipinski definition) is 2. The van der Waals surface area contributed by atoms with E-state index in [9.17, 15) is 4.79 Å². The zero-order valence-electron chi connectivity index (χ0n) is 19.0. The molecule has 0 unspecified atom stereocenters. The van der Waals surface area contributed by atoms with Crippen LogP contribution in [0.15, 0.2) is 42.5 Å². The van der Waals surface area contributed by atoms with Crippen LogP contribution >= 0.6 is 0 Å². The summed E-state index contributed by atoms with van der Waals surface area (Å²) >= 11 is 0. The standard InChI is InChI=1S/C27H36N2O3/c30-14-5-12-28-27(31)24-10-11-26-25(18-24)17-22-6-4-7-23(16-22)20-29(19-21-8-9-21)13-2-1-3-15-32-26/h4,6-7,10-11,16,18,21,30H,1-3,5,8-9,12-15,17,19-20H2,(H,28,31). The minimum atomic E-state index is -0.106. The van der Waals surface area contributed by atoms with Crippen LogP contribution in [0.1, 0.15) is 65.6 Å². The summed E-state index contributed by atoms with van der Waals surface area (Å²) in [6.07, 6.45) is 7.49. The Bertz CT molecular complexity index is 894. The van der Waals surface area contributed by atoms with Gasteiger partial charge in [0.1, 0.15) is 5.75 Å². The lowest BCUT2D eigenvalue weighted by Gasteiger charge is -2.23. The molecule has 0 spiro atoms. The fraction of sp³-hybridized carbons (Fsp3) is 0.519. The maximum Gasteiger partial charge on any atom is 0.251 e. The summed E-state index contributed by atoms with van der Waals surface area (Å²) in [6.45, 7) is 4.65. The Morgan fingerprint density at radius 2 is 1.97 bits per heavy atom. The maximum atomic E-state index is 12.5. The van der Waals surface area contributed by atoms with Gasteiger partial charge in [-0.25, -0.2) is 0 Å². The average Bonchev–Trinajstić information content (AvgIpc) is 3.60. The van der Waals surface area contributed by atoms with Gasteiger partial charge < -0.3 is 15.2 Å².